The number of amides is 1. The van der Waals surface area contributed by atoms with Crippen molar-refractivity contribution < 1.29 is 14.3 Å². The molecule has 0 radical (unpaired) electrons. The fourth-order valence-corrected chi connectivity index (χ4v) is 2.01. The van der Waals surface area contributed by atoms with Crippen LogP contribution in [0.1, 0.15) is 6.92 Å². The highest BCUT2D eigenvalue weighted by Crippen LogP contribution is 2.35. The van der Waals surface area contributed by atoms with E-state index in [0.29, 0.717) is 23.0 Å². The molecule has 1 heterocycles. The number of methoxy groups -OCH3 is 1. The van der Waals surface area contributed by atoms with Crippen molar-refractivity contribution in [1.29, 1.82) is 0 Å². The summed E-state index contributed by atoms with van der Waals surface area (Å²) in [6, 6.07) is 5.26. The Bertz CT molecular complexity index is 436. The van der Waals surface area contributed by atoms with Crippen molar-refractivity contribution >= 4 is 23.2 Å². The molecule has 0 unspecified atom stereocenters. The number of fused-ring (bicyclic) bond motifs is 1. The van der Waals surface area contributed by atoms with Crippen molar-refractivity contribution in [1.82, 2.24) is 0 Å². The Balaban J connectivity index is 2.35. The van der Waals surface area contributed by atoms with Crippen LogP contribution in [0.25, 0.3) is 0 Å². The molecule has 0 aromatic heterocycles. The summed E-state index contributed by atoms with van der Waals surface area (Å²) < 4.78 is 10.5. The van der Waals surface area contributed by atoms with Gasteiger partial charge in [-0.3, -0.25) is 4.79 Å². The van der Waals surface area contributed by atoms with Crippen LogP contribution in [-0.2, 0) is 9.53 Å². The molecule has 1 aromatic rings. The van der Waals surface area contributed by atoms with Gasteiger partial charge in [-0.2, -0.15) is 0 Å². The molecule has 0 aliphatic carbocycles. The zero-order chi connectivity index (χ0) is 12.4. The van der Waals surface area contributed by atoms with Gasteiger partial charge in [0, 0.05) is 12.1 Å². The van der Waals surface area contributed by atoms with E-state index in [1.54, 1.807) is 23.1 Å². The van der Waals surface area contributed by atoms with Gasteiger partial charge in [-0.15, -0.1) is 0 Å². The minimum Gasteiger partial charge on any atom is -0.487 e. The highest BCUT2D eigenvalue weighted by molar-refractivity contribution is 6.31. The second-order valence-electron chi connectivity index (χ2n) is 3.98. The fraction of sp³-hybridized carbons (Fsp3) is 0.417. The Morgan fingerprint density at radius 3 is 3.12 bits per heavy atom. The van der Waals surface area contributed by atoms with Gasteiger partial charge in [-0.25, -0.2) is 0 Å². The molecule has 1 aliphatic heterocycles. The molecule has 1 aromatic carbocycles. The van der Waals surface area contributed by atoms with E-state index in [-0.39, 0.29) is 18.6 Å². The zero-order valence-electron chi connectivity index (χ0n) is 9.77. The van der Waals surface area contributed by atoms with E-state index in [4.69, 9.17) is 21.1 Å². The van der Waals surface area contributed by atoms with Crippen LogP contribution < -0.4 is 9.64 Å². The molecule has 0 N–H and O–H groups in total. The van der Waals surface area contributed by atoms with Gasteiger partial charge in [-0.05, 0) is 25.1 Å². The molecule has 1 atom stereocenters. The van der Waals surface area contributed by atoms with Crippen molar-refractivity contribution in [3.8, 4) is 5.75 Å². The third-order valence-electron chi connectivity index (χ3n) is 2.55. The maximum absolute atomic E-state index is 11.9. The lowest BCUT2D eigenvalue weighted by molar-refractivity contribution is -0.122. The highest BCUT2D eigenvalue weighted by Gasteiger charge is 2.27. The Labute approximate surface area is 105 Å². The summed E-state index contributed by atoms with van der Waals surface area (Å²) in [7, 11) is 1.50. The molecule has 0 saturated carbocycles. The Morgan fingerprint density at radius 2 is 2.41 bits per heavy atom. The van der Waals surface area contributed by atoms with E-state index in [1.807, 2.05) is 6.92 Å². The number of nitrogens with zero attached hydrogens (tertiary/aromatic N) is 1. The summed E-state index contributed by atoms with van der Waals surface area (Å²) in [4.78, 5) is 13.6. The molecule has 92 valence electrons. The molecule has 1 aliphatic rings. The number of halogens is 1. The van der Waals surface area contributed by atoms with Crippen molar-refractivity contribution in [3.63, 3.8) is 0 Å². The largest absolute Gasteiger partial charge is 0.487 e. The smallest absolute Gasteiger partial charge is 0.253 e. The lowest BCUT2D eigenvalue weighted by Gasteiger charge is -2.33. The Kier molecular flexibility index (Phi) is 3.54. The van der Waals surface area contributed by atoms with Crippen LogP contribution in [0.15, 0.2) is 18.2 Å². The maximum Gasteiger partial charge on any atom is 0.253 e. The molecule has 0 saturated heterocycles. The predicted molar refractivity (Wildman–Crippen MR) is 65.8 cm³/mol. The van der Waals surface area contributed by atoms with E-state index in [1.165, 1.54) is 7.11 Å². The fourth-order valence-electron chi connectivity index (χ4n) is 1.85. The maximum atomic E-state index is 11.9. The number of carbonyl (C=O) groups is 1. The minimum absolute atomic E-state index is 0.0375. The molecular formula is C12H14ClNO3. The van der Waals surface area contributed by atoms with Crippen LogP contribution >= 0.6 is 11.6 Å². The lowest BCUT2D eigenvalue weighted by atomic mass is 10.2. The minimum atomic E-state index is -0.0915. The first-order chi connectivity index (χ1) is 8.11. The standard InChI is InChI=1S/C12H14ClNO3/c1-8-6-14(12(15)7-16-2)10-5-9(13)3-4-11(10)17-8/h3-5,8H,6-7H2,1-2H3/t8-/m1/s1. The quantitative estimate of drug-likeness (QED) is 0.812. The molecule has 17 heavy (non-hydrogen) atoms. The van der Waals surface area contributed by atoms with Gasteiger partial charge in [0.25, 0.3) is 5.91 Å². The van der Waals surface area contributed by atoms with Crippen LogP contribution in [0.5, 0.6) is 5.75 Å². The van der Waals surface area contributed by atoms with Gasteiger partial charge < -0.3 is 14.4 Å². The van der Waals surface area contributed by atoms with E-state index in [0.717, 1.165) is 0 Å². The molecule has 2 rings (SSSR count). The summed E-state index contributed by atoms with van der Waals surface area (Å²) >= 11 is 5.94. The summed E-state index contributed by atoms with van der Waals surface area (Å²) in [5.74, 6) is 0.587. The normalized spacial score (nSPS) is 18.5. The Hall–Kier alpha value is -1.26. The molecule has 0 bridgehead atoms. The molecular weight excluding hydrogens is 242 g/mol. The van der Waals surface area contributed by atoms with Gasteiger partial charge in [0.15, 0.2) is 0 Å². The first-order valence-electron chi connectivity index (χ1n) is 5.37. The number of hydrogen-bond donors (Lipinski definition) is 0. The van der Waals surface area contributed by atoms with E-state index < -0.39 is 0 Å². The van der Waals surface area contributed by atoms with Crippen LogP contribution in [0, 0.1) is 0 Å². The van der Waals surface area contributed by atoms with Gasteiger partial charge >= 0.3 is 0 Å². The SMILES string of the molecule is COCC(=O)N1C[C@@H](C)Oc2ccc(Cl)cc21. The summed E-state index contributed by atoms with van der Waals surface area (Å²) in [6.45, 7) is 2.48. The second-order valence-corrected chi connectivity index (χ2v) is 4.41. The molecule has 1 amide bonds. The topological polar surface area (TPSA) is 38.8 Å². The third kappa shape index (κ3) is 2.53. The van der Waals surface area contributed by atoms with Crippen LogP contribution in [0.2, 0.25) is 5.02 Å². The molecule has 0 spiro atoms. The number of ether oxygens (including phenoxy) is 2. The van der Waals surface area contributed by atoms with Crippen molar-refractivity contribution in [2.75, 3.05) is 25.2 Å². The number of carbonyl (C=O) groups excluding carboxylic acids is 1. The van der Waals surface area contributed by atoms with Crippen molar-refractivity contribution in [2.24, 2.45) is 0 Å². The lowest BCUT2D eigenvalue weighted by Crippen LogP contribution is -2.43. The summed E-state index contributed by atoms with van der Waals surface area (Å²) in [5.41, 5.74) is 0.706. The zero-order valence-corrected chi connectivity index (χ0v) is 10.5. The number of rotatable bonds is 2. The third-order valence-corrected chi connectivity index (χ3v) is 2.78. The number of benzene rings is 1. The average Bonchev–Trinajstić information content (AvgIpc) is 2.29. The summed E-state index contributed by atoms with van der Waals surface area (Å²) in [5, 5.41) is 0.581. The van der Waals surface area contributed by atoms with Crippen LogP contribution in [0.4, 0.5) is 5.69 Å². The number of hydrogen-bond acceptors (Lipinski definition) is 3. The first-order valence-corrected chi connectivity index (χ1v) is 5.75. The predicted octanol–water partition coefficient (Wildman–Crippen LogP) is 2.10. The van der Waals surface area contributed by atoms with Gasteiger partial charge in [0.05, 0.1) is 12.2 Å². The summed E-state index contributed by atoms with van der Waals surface area (Å²) in [6.07, 6.45) is -0.0375. The van der Waals surface area contributed by atoms with E-state index in [2.05, 4.69) is 0 Å². The van der Waals surface area contributed by atoms with Gasteiger partial charge in [-0.1, -0.05) is 11.6 Å². The monoisotopic (exact) mass is 255 g/mol. The molecule has 0 fully saturated rings. The van der Waals surface area contributed by atoms with Crippen LogP contribution in [0.3, 0.4) is 0 Å². The Morgan fingerprint density at radius 1 is 1.65 bits per heavy atom. The average molecular weight is 256 g/mol. The first kappa shape index (κ1) is 12.2. The highest BCUT2D eigenvalue weighted by atomic mass is 35.5. The molecule has 4 nitrogen and oxygen atoms in total. The van der Waals surface area contributed by atoms with Crippen molar-refractivity contribution in [2.45, 2.75) is 13.0 Å². The number of anilines is 1. The van der Waals surface area contributed by atoms with Gasteiger partial charge in [0.2, 0.25) is 0 Å². The van der Waals surface area contributed by atoms with Crippen LogP contribution in [-0.4, -0.2) is 32.3 Å². The second kappa shape index (κ2) is 4.94. The van der Waals surface area contributed by atoms with Crippen molar-refractivity contribution in [3.05, 3.63) is 23.2 Å². The van der Waals surface area contributed by atoms with Gasteiger partial charge in [0.1, 0.15) is 18.5 Å². The molecule has 5 heteroatoms. The van der Waals surface area contributed by atoms with E-state index in [9.17, 15) is 4.79 Å². The van der Waals surface area contributed by atoms with E-state index >= 15 is 0 Å².